The number of aliphatic hydroxyl groups is 3. The van der Waals surface area contributed by atoms with E-state index in [1.165, 1.54) is 0 Å². The van der Waals surface area contributed by atoms with Crippen LogP contribution in [0.1, 0.15) is 0 Å². The van der Waals surface area contributed by atoms with Crippen molar-refractivity contribution in [1.29, 1.82) is 0 Å². The summed E-state index contributed by atoms with van der Waals surface area (Å²) in [5.41, 5.74) is 0. The molecule has 0 bridgehead atoms. The first kappa shape index (κ1) is 10.0. The number of aliphatic hydroxyl groups excluding tert-OH is 3. The van der Waals surface area contributed by atoms with Crippen molar-refractivity contribution < 1.29 is 15.3 Å². The summed E-state index contributed by atoms with van der Waals surface area (Å²) < 4.78 is 0. The Morgan fingerprint density at radius 2 is 1.50 bits per heavy atom. The van der Waals surface area contributed by atoms with E-state index in [2.05, 4.69) is 6.58 Å². The zero-order chi connectivity index (χ0) is 8.04. The van der Waals surface area contributed by atoms with Crippen LogP contribution in [0, 0.1) is 0 Å². The predicted octanol–water partition coefficient (Wildman–Crippen LogP) is -0.228. The van der Waals surface area contributed by atoms with Crippen molar-refractivity contribution in [2.45, 2.75) is 0 Å². The third-order valence-electron chi connectivity index (χ3n) is 1.58. The van der Waals surface area contributed by atoms with Gasteiger partial charge in [-0.2, -0.15) is 0 Å². The molecule has 0 aromatic heterocycles. The Morgan fingerprint density at radius 3 is 1.60 bits per heavy atom. The minimum atomic E-state index is -2.17. The third kappa shape index (κ3) is 2.35. The Bertz CT molecular complexity index is 92.9. The Balaban J connectivity index is 4.00. The van der Waals surface area contributed by atoms with E-state index in [0.29, 0.717) is 6.16 Å². The first-order valence-corrected chi connectivity index (χ1v) is 6.01. The van der Waals surface area contributed by atoms with Crippen LogP contribution in [0.5, 0.6) is 0 Å². The van der Waals surface area contributed by atoms with Crippen LogP contribution in [0.2, 0.25) is 0 Å². The van der Waals surface area contributed by atoms with E-state index in [1.54, 1.807) is 6.08 Å². The second kappa shape index (κ2) is 4.80. The summed E-state index contributed by atoms with van der Waals surface area (Å²) in [4.78, 5) is 0. The zero-order valence-electron chi connectivity index (χ0n) is 5.95. The monoisotopic (exact) mass is 166 g/mol. The molecule has 0 aromatic carbocycles. The summed E-state index contributed by atoms with van der Waals surface area (Å²) in [7, 11) is -2.17. The van der Waals surface area contributed by atoms with Crippen molar-refractivity contribution in [2.75, 3.05) is 25.2 Å². The molecule has 10 heavy (non-hydrogen) atoms. The molecule has 0 rings (SSSR count). The van der Waals surface area contributed by atoms with Crippen molar-refractivity contribution in [2.24, 2.45) is 0 Å². The average Bonchev–Trinajstić information content (AvgIpc) is 2.01. The van der Waals surface area contributed by atoms with Gasteiger partial charge in [0.25, 0.3) is 0 Å². The van der Waals surface area contributed by atoms with Crippen LogP contribution in [-0.4, -0.2) is 40.5 Å². The van der Waals surface area contributed by atoms with Gasteiger partial charge in [-0.1, -0.05) is 0 Å². The fourth-order valence-electron chi connectivity index (χ4n) is 0.650. The normalized spacial score (nSPS) is 13.1. The number of allylic oxidation sites excluding steroid dienone is 1. The second-order valence-electron chi connectivity index (χ2n) is 2.47. The van der Waals surface area contributed by atoms with E-state index in [4.69, 9.17) is 15.3 Å². The average molecular weight is 166 g/mol. The van der Waals surface area contributed by atoms with Crippen molar-refractivity contribution >= 4 is 7.26 Å². The molecule has 3 N–H and O–H groups in total. The van der Waals surface area contributed by atoms with Gasteiger partial charge >= 0.3 is 60.4 Å². The van der Waals surface area contributed by atoms with Crippen LogP contribution in [0.25, 0.3) is 0 Å². The Kier molecular flexibility index (Phi) is 4.83. The minimum absolute atomic E-state index is 0.0774. The second-order valence-corrected chi connectivity index (χ2v) is 6.82. The maximum absolute atomic E-state index is 8.80. The molecular weight excluding hydrogens is 151 g/mol. The molecule has 62 valence electrons. The van der Waals surface area contributed by atoms with Gasteiger partial charge in [0.1, 0.15) is 0 Å². The maximum atomic E-state index is 8.80. The predicted molar refractivity (Wildman–Crippen MR) is 44.6 cm³/mol. The standard InChI is InChI=1S/C6H15O3P/c1-2-3-10(4-7,5-8)6-9/h2,7-10H,1,3-6H2. The van der Waals surface area contributed by atoms with Gasteiger partial charge in [-0.3, -0.25) is 0 Å². The van der Waals surface area contributed by atoms with E-state index in [-0.39, 0.29) is 19.0 Å². The van der Waals surface area contributed by atoms with Crippen LogP contribution in [-0.2, 0) is 0 Å². The van der Waals surface area contributed by atoms with Crippen LogP contribution in [0.4, 0.5) is 0 Å². The van der Waals surface area contributed by atoms with E-state index in [0.717, 1.165) is 0 Å². The third-order valence-corrected chi connectivity index (χ3v) is 4.75. The van der Waals surface area contributed by atoms with Gasteiger partial charge in [-0.05, 0) is 0 Å². The van der Waals surface area contributed by atoms with Crippen molar-refractivity contribution in [3.63, 3.8) is 0 Å². The van der Waals surface area contributed by atoms with Crippen LogP contribution in [0.3, 0.4) is 0 Å². The molecular formula is C6H15O3P. The van der Waals surface area contributed by atoms with E-state index >= 15 is 0 Å². The fraction of sp³-hybridized carbons (Fsp3) is 0.667. The number of rotatable bonds is 5. The molecule has 0 fully saturated rings. The molecule has 0 radical (unpaired) electrons. The first-order chi connectivity index (χ1) is 4.74. The summed E-state index contributed by atoms with van der Waals surface area (Å²) in [6.45, 7) is 3.49. The zero-order valence-corrected chi connectivity index (χ0v) is 6.95. The molecule has 4 heteroatoms. The molecule has 0 aliphatic heterocycles. The summed E-state index contributed by atoms with van der Waals surface area (Å²) in [6, 6.07) is 0. The first-order valence-electron chi connectivity index (χ1n) is 3.18. The fourth-order valence-corrected chi connectivity index (χ4v) is 1.95. The van der Waals surface area contributed by atoms with E-state index in [9.17, 15) is 0 Å². The molecule has 0 unspecified atom stereocenters. The Labute approximate surface area is 61.3 Å². The molecule has 0 aliphatic rings. The van der Waals surface area contributed by atoms with Crippen LogP contribution < -0.4 is 0 Å². The van der Waals surface area contributed by atoms with E-state index < -0.39 is 7.26 Å². The van der Waals surface area contributed by atoms with Gasteiger partial charge in [0, 0.05) is 0 Å². The summed E-state index contributed by atoms with van der Waals surface area (Å²) in [6.07, 6.45) is 1.97. The number of hydrogen-bond acceptors (Lipinski definition) is 3. The van der Waals surface area contributed by atoms with Gasteiger partial charge in [0.05, 0.1) is 0 Å². The number of hydrogen-bond donors (Lipinski definition) is 3. The van der Waals surface area contributed by atoms with Gasteiger partial charge < -0.3 is 0 Å². The van der Waals surface area contributed by atoms with Gasteiger partial charge in [0.15, 0.2) is 0 Å². The van der Waals surface area contributed by atoms with Crippen LogP contribution in [0.15, 0.2) is 12.7 Å². The molecule has 0 spiro atoms. The summed E-state index contributed by atoms with van der Waals surface area (Å²) in [5, 5.41) is 26.4. The van der Waals surface area contributed by atoms with Gasteiger partial charge in [0.2, 0.25) is 0 Å². The van der Waals surface area contributed by atoms with Gasteiger partial charge in [-0.15, -0.1) is 0 Å². The molecule has 3 nitrogen and oxygen atoms in total. The van der Waals surface area contributed by atoms with Crippen LogP contribution >= 0.6 is 7.26 Å². The summed E-state index contributed by atoms with van der Waals surface area (Å²) >= 11 is 0. The molecule has 0 aliphatic carbocycles. The van der Waals surface area contributed by atoms with Crippen molar-refractivity contribution in [1.82, 2.24) is 0 Å². The van der Waals surface area contributed by atoms with E-state index in [1.807, 2.05) is 0 Å². The van der Waals surface area contributed by atoms with Crippen molar-refractivity contribution in [3.8, 4) is 0 Å². The SMILES string of the molecule is C=CC[PH](CO)(CO)CO. The summed E-state index contributed by atoms with van der Waals surface area (Å²) in [5.74, 6) is 0. The molecule has 0 atom stereocenters. The topological polar surface area (TPSA) is 60.7 Å². The van der Waals surface area contributed by atoms with Gasteiger partial charge in [-0.25, -0.2) is 0 Å². The molecule has 0 heterocycles. The Hall–Kier alpha value is 0.0500. The molecule has 0 aromatic rings. The quantitative estimate of drug-likeness (QED) is 0.390. The molecule has 0 saturated carbocycles. The molecule has 0 saturated heterocycles. The molecule has 0 amide bonds. The van der Waals surface area contributed by atoms with Crippen molar-refractivity contribution in [3.05, 3.63) is 12.7 Å². The Morgan fingerprint density at radius 1 is 1.10 bits per heavy atom.